The van der Waals surface area contributed by atoms with Gasteiger partial charge in [0.2, 0.25) is 5.88 Å². The summed E-state index contributed by atoms with van der Waals surface area (Å²) in [6.45, 7) is 3.68. The molecule has 0 aliphatic carbocycles. The SMILES string of the molecule is CCCNCc1nc(Oc2ccc(Br)cc2Br)ccc1Cl. The van der Waals surface area contributed by atoms with E-state index in [4.69, 9.17) is 16.3 Å². The largest absolute Gasteiger partial charge is 0.438 e. The van der Waals surface area contributed by atoms with Crippen LogP contribution in [0.1, 0.15) is 19.0 Å². The fraction of sp³-hybridized carbons (Fsp3) is 0.267. The molecule has 112 valence electrons. The maximum atomic E-state index is 6.16. The van der Waals surface area contributed by atoms with Crippen LogP contribution in [0.5, 0.6) is 11.6 Å². The summed E-state index contributed by atoms with van der Waals surface area (Å²) in [6, 6.07) is 9.29. The predicted molar refractivity (Wildman–Crippen MR) is 93.2 cm³/mol. The Labute approximate surface area is 146 Å². The Hall–Kier alpha value is -0.620. The molecule has 1 aromatic carbocycles. The number of aromatic nitrogens is 1. The van der Waals surface area contributed by atoms with Gasteiger partial charge >= 0.3 is 0 Å². The van der Waals surface area contributed by atoms with Crippen LogP contribution in [-0.4, -0.2) is 11.5 Å². The van der Waals surface area contributed by atoms with E-state index in [9.17, 15) is 0 Å². The highest BCUT2D eigenvalue weighted by molar-refractivity contribution is 9.11. The lowest BCUT2D eigenvalue weighted by Crippen LogP contribution is -2.15. The number of nitrogens with zero attached hydrogens (tertiary/aromatic N) is 1. The van der Waals surface area contributed by atoms with Crippen LogP contribution in [0.25, 0.3) is 0 Å². The highest BCUT2D eigenvalue weighted by Gasteiger charge is 2.08. The second-order valence-corrected chi connectivity index (χ2v) is 6.61. The van der Waals surface area contributed by atoms with E-state index < -0.39 is 0 Å². The Morgan fingerprint density at radius 3 is 2.76 bits per heavy atom. The number of nitrogens with one attached hydrogen (secondary N) is 1. The molecule has 1 N–H and O–H groups in total. The van der Waals surface area contributed by atoms with Crippen molar-refractivity contribution in [3.8, 4) is 11.6 Å². The lowest BCUT2D eigenvalue weighted by Gasteiger charge is -2.10. The van der Waals surface area contributed by atoms with E-state index in [1.165, 1.54) is 0 Å². The molecule has 0 spiro atoms. The third kappa shape index (κ3) is 4.95. The quantitative estimate of drug-likeness (QED) is 0.605. The summed E-state index contributed by atoms with van der Waals surface area (Å²) in [6.07, 6.45) is 1.07. The van der Waals surface area contributed by atoms with Crippen LogP contribution in [0.15, 0.2) is 39.3 Å². The summed E-state index contributed by atoms with van der Waals surface area (Å²) in [4.78, 5) is 4.45. The lowest BCUT2D eigenvalue weighted by atomic mass is 10.3. The van der Waals surface area contributed by atoms with Crippen LogP contribution in [-0.2, 0) is 6.54 Å². The van der Waals surface area contributed by atoms with Gasteiger partial charge in [-0.05, 0) is 53.2 Å². The van der Waals surface area contributed by atoms with Gasteiger partial charge in [0.1, 0.15) is 5.75 Å². The zero-order valence-corrected chi connectivity index (χ0v) is 15.4. The molecule has 0 radical (unpaired) electrons. The van der Waals surface area contributed by atoms with Crippen molar-refractivity contribution in [3.63, 3.8) is 0 Å². The van der Waals surface area contributed by atoms with Gasteiger partial charge < -0.3 is 10.1 Å². The van der Waals surface area contributed by atoms with Crippen LogP contribution in [0.3, 0.4) is 0 Å². The molecule has 0 aliphatic rings. The molecule has 1 heterocycles. The van der Waals surface area contributed by atoms with Crippen molar-refractivity contribution in [2.45, 2.75) is 19.9 Å². The molecule has 2 aromatic rings. The van der Waals surface area contributed by atoms with Crippen molar-refractivity contribution in [3.05, 3.63) is 50.0 Å². The maximum Gasteiger partial charge on any atom is 0.219 e. The van der Waals surface area contributed by atoms with Crippen molar-refractivity contribution in [2.75, 3.05) is 6.54 Å². The van der Waals surface area contributed by atoms with E-state index in [0.29, 0.717) is 23.2 Å². The van der Waals surface area contributed by atoms with E-state index in [2.05, 4.69) is 49.1 Å². The van der Waals surface area contributed by atoms with Gasteiger partial charge in [-0.1, -0.05) is 34.5 Å². The number of halogens is 3. The number of pyridine rings is 1. The first kappa shape index (κ1) is 16.7. The predicted octanol–water partition coefficient (Wildman–Crippen LogP) is 5.55. The molecule has 0 unspecified atom stereocenters. The van der Waals surface area contributed by atoms with E-state index in [-0.39, 0.29) is 0 Å². The normalized spacial score (nSPS) is 10.7. The van der Waals surface area contributed by atoms with E-state index in [1.807, 2.05) is 18.2 Å². The molecule has 0 saturated heterocycles. The second-order valence-electron chi connectivity index (χ2n) is 4.43. The third-order valence-electron chi connectivity index (χ3n) is 2.72. The minimum absolute atomic E-state index is 0.524. The number of rotatable bonds is 6. The molecule has 1 aromatic heterocycles. The highest BCUT2D eigenvalue weighted by Crippen LogP contribution is 2.32. The van der Waals surface area contributed by atoms with Gasteiger partial charge in [-0.25, -0.2) is 4.98 Å². The van der Waals surface area contributed by atoms with E-state index in [0.717, 1.165) is 27.6 Å². The van der Waals surface area contributed by atoms with E-state index in [1.54, 1.807) is 12.1 Å². The summed E-state index contributed by atoms with van der Waals surface area (Å²) in [5, 5.41) is 3.92. The smallest absolute Gasteiger partial charge is 0.219 e. The van der Waals surface area contributed by atoms with Crippen molar-refractivity contribution in [2.24, 2.45) is 0 Å². The topological polar surface area (TPSA) is 34.2 Å². The molecule has 0 fully saturated rings. The van der Waals surface area contributed by atoms with Crippen molar-refractivity contribution < 1.29 is 4.74 Å². The number of benzene rings is 1. The number of hydrogen-bond donors (Lipinski definition) is 1. The fourth-order valence-electron chi connectivity index (χ4n) is 1.70. The molecular formula is C15H15Br2ClN2O. The zero-order chi connectivity index (χ0) is 15.2. The van der Waals surface area contributed by atoms with Gasteiger partial charge in [0.15, 0.2) is 0 Å². The summed E-state index contributed by atoms with van der Waals surface area (Å²) in [5.74, 6) is 1.23. The molecule has 6 heteroatoms. The summed E-state index contributed by atoms with van der Waals surface area (Å²) in [5.41, 5.74) is 0.788. The maximum absolute atomic E-state index is 6.16. The van der Waals surface area contributed by atoms with Crippen LogP contribution >= 0.6 is 43.5 Å². The van der Waals surface area contributed by atoms with Gasteiger partial charge in [-0.2, -0.15) is 0 Å². The Bertz CT molecular complexity index is 623. The Balaban J connectivity index is 2.14. The van der Waals surface area contributed by atoms with Crippen molar-refractivity contribution in [1.82, 2.24) is 10.3 Å². The minimum Gasteiger partial charge on any atom is -0.438 e. The van der Waals surface area contributed by atoms with Crippen molar-refractivity contribution in [1.29, 1.82) is 0 Å². The first-order valence-corrected chi connectivity index (χ1v) is 8.55. The monoisotopic (exact) mass is 432 g/mol. The molecule has 2 rings (SSSR count). The zero-order valence-electron chi connectivity index (χ0n) is 11.5. The minimum atomic E-state index is 0.524. The summed E-state index contributed by atoms with van der Waals surface area (Å²) < 4.78 is 7.64. The van der Waals surface area contributed by atoms with Crippen molar-refractivity contribution >= 4 is 43.5 Å². The van der Waals surface area contributed by atoms with Gasteiger partial charge in [0.05, 0.1) is 15.2 Å². The second kappa shape index (κ2) is 8.13. The average molecular weight is 435 g/mol. The Morgan fingerprint density at radius 2 is 2.05 bits per heavy atom. The molecule has 21 heavy (non-hydrogen) atoms. The van der Waals surface area contributed by atoms with Gasteiger partial charge in [-0.3, -0.25) is 0 Å². The summed E-state index contributed by atoms with van der Waals surface area (Å²) >= 11 is 13.0. The average Bonchev–Trinajstić information content (AvgIpc) is 2.45. The lowest BCUT2D eigenvalue weighted by molar-refractivity contribution is 0.456. The molecule has 3 nitrogen and oxygen atoms in total. The fourth-order valence-corrected chi connectivity index (χ4v) is 3.00. The number of hydrogen-bond acceptors (Lipinski definition) is 3. The van der Waals surface area contributed by atoms with Gasteiger partial charge in [0, 0.05) is 17.1 Å². The van der Waals surface area contributed by atoms with Gasteiger partial charge in [0.25, 0.3) is 0 Å². The molecular weight excluding hydrogens is 419 g/mol. The molecule has 0 saturated carbocycles. The molecule has 0 aliphatic heterocycles. The van der Waals surface area contributed by atoms with Gasteiger partial charge in [-0.15, -0.1) is 0 Å². The van der Waals surface area contributed by atoms with Crippen LogP contribution in [0.4, 0.5) is 0 Å². The van der Waals surface area contributed by atoms with Crippen LogP contribution in [0, 0.1) is 0 Å². The number of ether oxygens (including phenoxy) is 1. The Kier molecular flexibility index (Phi) is 6.48. The van der Waals surface area contributed by atoms with Crippen LogP contribution in [0.2, 0.25) is 5.02 Å². The first-order chi connectivity index (χ1) is 10.1. The standard InChI is InChI=1S/C15H15Br2ClN2O/c1-2-7-19-9-13-12(18)4-6-15(20-13)21-14-5-3-10(16)8-11(14)17/h3-6,8,19H,2,7,9H2,1H3. The molecule has 0 amide bonds. The molecule has 0 bridgehead atoms. The van der Waals surface area contributed by atoms with E-state index >= 15 is 0 Å². The highest BCUT2D eigenvalue weighted by atomic mass is 79.9. The molecule has 0 atom stereocenters. The Morgan fingerprint density at radius 1 is 1.24 bits per heavy atom. The third-order valence-corrected chi connectivity index (χ3v) is 4.18. The first-order valence-electron chi connectivity index (χ1n) is 6.59. The van der Waals surface area contributed by atoms with Crippen LogP contribution < -0.4 is 10.1 Å². The summed E-state index contributed by atoms with van der Waals surface area (Å²) in [7, 11) is 0.